The molecule has 10 heteroatoms. The molecule has 2 aromatic heterocycles. The van der Waals surface area contributed by atoms with Gasteiger partial charge in [0.15, 0.2) is 0 Å². The van der Waals surface area contributed by atoms with Crippen molar-refractivity contribution >= 4 is 34.6 Å². The summed E-state index contributed by atoms with van der Waals surface area (Å²) in [6.45, 7) is 1.41. The lowest BCUT2D eigenvalue weighted by atomic mass is 10.1. The zero-order valence-electron chi connectivity index (χ0n) is 15.8. The third-order valence-electron chi connectivity index (χ3n) is 4.06. The van der Waals surface area contributed by atoms with Crippen LogP contribution in [0.2, 0.25) is 0 Å². The second-order valence-corrected chi connectivity index (χ2v) is 7.85. The van der Waals surface area contributed by atoms with E-state index in [0.717, 1.165) is 17.7 Å². The SMILES string of the molecule is CCOC(=O)CN(Cc1ccc(C(F)(F)F)cc1)C(=O)c1csc(-c2ccsc2)n1. The van der Waals surface area contributed by atoms with Crippen LogP contribution in [-0.4, -0.2) is 34.9 Å². The van der Waals surface area contributed by atoms with Gasteiger partial charge >= 0.3 is 12.1 Å². The average molecular weight is 454 g/mol. The molecule has 0 fully saturated rings. The lowest BCUT2D eigenvalue weighted by Gasteiger charge is -2.21. The van der Waals surface area contributed by atoms with Gasteiger partial charge in [-0.3, -0.25) is 9.59 Å². The molecule has 5 nitrogen and oxygen atoms in total. The number of carbonyl (C=O) groups is 2. The Hall–Kier alpha value is -2.72. The molecule has 0 aliphatic heterocycles. The largest absolute Gasteiger partial charge is 0.465 e. The van der Waals surface area contributed by atoms with E-state index in [1.165, 1.54) is 39.7 Å². The first kappa shape index (κ1) is 22.0. The fraction of sp³-hybridized carbons (Fsp3) is 0.250. The first-order chi connectivity index (χ1) is 14.3. The number of thiazole rings is 1. The molecule has 0 saturated carbocycles. The second kappa shape index (κ2) is 9.40. The van der Waals surface area contributed by atoms with Crippen LogP contribution in [0.3, 0.4) is 0 Å². The third-order valence-corrected chi connectivity index (χ3v) is 5.63. The summed E-state index contributed by atoms with van der Waals surface area (Å²) in [5.41, 5.74) is 0.726. The molecule has 30 heavy (non-hydrogen) atoms. The van der Waals surface area contributed by atoms with Gasteiger partial charge in [0, 0.05) is 22.9 Å². The average Bonchev–Trinajstić information content (AvgIpc) is 3.38. The topological polar surface area (TPSA) is 59.5 Å². The molecule has 2 heterocycles. The minimum absolute atomic E-state index is 0.0545. The molecule has 0 unspecified atom stereocenters. The van der Waals surface area contributed by atoms with E-state index in [1.54, 1.807) is 12.3 Å². The van der Waals surface area contributed by atoms with E-state index in [2.05, 4.69) is 4.98 Å². The van der Waals surface area contributed by atoms with Gasteiger partial charge in [-0.25, -0.2) is 4.98 Å². The summed E-state index contributed by atoms with van der Waals surface area (Å²) in [5, 5.41) is 6.08. The molecule has 3 rings (SSSR count). The van der Waals surface area contributed by atoms with Crippen molar-refractivity contribution in [1.29, 1.82) is 0 Å². The Morgan fingerprint density at radius 3 is 2.47 bits per heavy atom. The molecule has 0 atom stereocenters. The summed E-state index contributed by atoms with van der Waals surface area (Å²) in [5.74, 6) is -1.10. The maximum atomic E-state index is 13.0. The lowest BCUT2D eigenvalue weighted by Crippen LogP contribution is -2.36. The molecule has 0 spiro atoms. The van der Waals surface area contributed by atoms with Crippen molar-refractivity contribution in [2.24, 2.45) is 0 Å². The van der Waals surface area contributed by atoms with Crippen molar-refractivity contribution in [3.8, 4) is 10.6 Å². The van der Waals surface area contributed by atoms with Crippen LogP contribution in [-0.2, 0) is 22.3 Å². The summed E-state index contributed by atoms with van der Waals surface area (Å²) in [7, 11) is 0. The molecule has 3 aromatic rings. The number of hydrogen-bond acceptors (Lipinski definition) is 6. The summed E-state index contributed by atoms with van der Waals surface area (Å²) < 4.78 is 43.3. The molecule has 0 aliphatic carbocycles. The van der Waals surface area contributed by atoms with Gasteiger partial charge in [0.1, 0.15) is 17.2 Å². The van der Waals surface area contributed by atoms with E-state index in [-0.39, 0.29) is 25.4 Å². The molecule has 1 aromatic carbocycles. The van der Waals surface area contributed by atoms with Crippen molar-refractivity contribution < 1.29 is 27.5 Å². The van der Waals surface area contributed by atoms with E-state index in [4.69, 9.17) is 4.74 Å². The van der Waals surface area contributed by atoms with E-state index in [0.29, 0.717) is 10.6 Å². The number of hydrogen-bond donors (Lipinski definition) is 0. The van der Waals surface area contributed by atoms with E-state index in [9.17, 15) is 22.8 Å². The Morgan fingerprint density at radius 1 is 1.13 bits per heavy atom. The molecule has 0 saturated heterocycles. The summed E-state index contributed by atoms with van der Waals surface area (Å²) in [6.07, 6.45) is -4.45. The quantitative estimate of drug-likeness (QED) is 0.467. The number of thiophene rings is 1. The van der Waals surface area contributed by atoms with Gasteiger partial charge in [0.2, 0.25) is 0 Å². The van der Waals surface area contributed by atoms with Gasteiger partial charge in [-0.1, -0.05) is 12.1 Å². The van der Waals surface area contributed by atoms with E-state index < -0.39 is 23.6 Å². The van der Waals surface area contributed by atoms with Gasteiger partial charge in [0.25, 0.3) is 5.91 Å². The van der Waals surface area contributed by atoms with Crippen LogP contribution in [0.15, 0.2) is 46.5 Å². The maximum absolute atomic E-state index is 13.0. The van der Waals surface area contributed by atoms with Crippen LogP contribution in [0.4, 0.5) is 13.2 Å². The Kier molecular flexibility index (Phi) is 6.88. The highest BCUT2D eigenvalue weighted by atomic mass is 32.1. The molecule has 0 radical (unpaired) electrons. The van der Waals surface area contributed by atoms with Gasteiger partial charge in [-0.05, 0) is 36.1 Å². The standard InChI is InChI=1S/C20H17F3N2O3S2/c1-2-28-17(26)10-25(9-13-3-5-15(6-4-13)20(21,22)23)19(27)16-12-30-18(24-16)14-7-8-29-11-14/h3-8,11-12H,2,9-10H2,1H3. The first-order valence-corrected chi connectivity index (χ1v) is 10.7. The third kappa shape index (κ3) is 5.45. The Morgan fingerprint density at radius 2 is 1.87 bits per heavy atom. The smallest absolute Gasteiger partial charge is 0.416 e. The normalized spacial score (nSPS) is 11.3. The number of nitrogens with zero attached hydrogens (tertiary/aromatic N) is 2. The summed E-state index contributed by atoms with van der Waals surface area (Å²) >= 11 is 2.81. The van der Waals surface area contributed by atoms with Crippen LogP contribution in [0.5, 0.6) is 0 Å². The van der Waals surface area contributed by atoms with Crippen molar-refractivity contribution in [3.63, 3.8) is 0 Å². The molecule has 158 valence electrons. The molecule has 0 aliphatic rings. The Balaban J connectivity index is 1.81. The number of amides is 1. The molecule has 0 N–H and O–H groups in total. The van der Waals surface area contributed by atoms with Crippen LogP contribution >= 0.6 is 22.7 Å². The zero-order valence-corrected chi connectivity index (χ0v) is 17.4. The highest BCUT2D eigenvalue weighted by Gasteiger charge is 2.30. The molecule has 1 amide bonds. The number of ether oxygens (including phenoxy) is 1. The van der Waals surface area contributed by atoms with Crippen LogP contribution in [0.1, 0.15) is 28.5 Å². The summed E-state index contributed by atoms with van der Waals surface area (Å²) in [6, 6.07) is 6.34. The monoisotopic (exact) mass is 454 g/mol. The van der Waals surface area contributed by atoms with Crippen LogP contribution in [0.25, 0.3) is 10.6 Å². The van der Waals surface area contributed by atoms with Gasteiger partial charge < -0.3 is 9.64 Å². The highest BCUT2D eigenvalue weighted by molar-refractivity contribution is 7.14. The number of aromatic nitrogens is 1. The zero-order chi connectivity index (χ0) is 21.7. The van der Waals surface area contributed by atoms with E-state index in [1.807, 2.05) is 16.8 Å². The van der Waals surface area contributed by atoms with Crippen LogP contribution < -0.4 is 0 Å². The number of esters is 1. The molecular formula is C20H17F3N2O3S2. The number of alkyl halides is 3. The minimum atomic E-state index is -4.45. The Labute approximate surface area is 178 Å². The van der Waals surface area contributed by atoms with Gasteiger partial charge in [-0.15, -0.1) is 11.3 Å². The van der Waals surface area contributed by atoms with Crippen molar-refractivity contribution in [2.75, 3.05) is 13.2 Å². The predicted molar refractivity (Wildman–Crippen MR) is 108 cm³/mol. The number of carbonyl (C=O) groups excluding carboxylic acids is 2. The number of rotatable bonds is 7. The van der Waals surface area contributed by atoms with Crippen LogP contribution in [0, 0.1) is 0 Å². The van der Waals surface area contributed by atoms with Crippen molar-refractivity contribution in [2.45, 2.75) is 19.6 Å². The first-order valence-electron chi connectivity index (χ1n) is 8.87. The predicted octanol–water partition coefficient (Wildman–Crippen LogP) is 5.10. The molecular weight excluding hydrogens is 437 g/mol. The van der Waals surface area contributed by atoms with E-state index >= 15 is 0 Å². The van der Waals surface area contributed by atoms with Gasteiger partial charge in [0.05, 0.1) is 12.2 Å². The van der Waals surface area contributed by atoms with Crippen molar-refractivity contribution in [3.05, 3.63) is 63.3 Å². The lowest BCUT2D eigenvalue weighted by molar-refractivity contribution is -0.144. The number of benzene rings is 1. The fourth-order valence-corrected chi connectivity index (χ4v) is 4.14. The second-order valence-electron chi connectivity index (χ2n) is 6.21. The Bertz CT molecular complexity index is 999. The fourth-order valence-electron chi connectivity index (χ4n) is 2.63. The maximum Gasteiger partial charge on any atom is 0.416 e. The highest BCUT2D eigenvalue weighted by Crippen LogP contribution is 2.29. The molecule has 0 bridgehead atoms. The van der Waals surface area contributed by atoms with Crippen molar-refractivity contribution in [1.82, 2.24) is 9.88 Å². The minimum Gasteiger partial charge on any atom is -0.465 e. The summed E-state index contributed by atoms with van der Waals surface area (Å²) in [4.78, 5) is 30.5. The van der Waals surface area contributed by atoms with Gasteiger partial charge in [-0.2, -0.15) is 24.5 Å². The number of halogens is 3.